The summed E-state index contributed by atoms with van der Waals surface area (Å²) in [7, 11) is 0. The number of hydrogen-bond donors (Lipinski definition) is 1. The van der Waals surface area contributed by atoms with Crippen LogP contribution in [0.1, 0.15) is 46.3 Å². The maximum absolute atomic E-state index is 11.8. The van der Waals surface area contributed by atoms with Gasteiger partial charge >= 0.3 is 6.09 Å². The highest BCUT2D eigenvalue weighted by atomic mass is 79.9. The van der Waals surface area contributed by atoms with E-state index in [2.05, 4.69) is 21.2 Å². The van der Waals surface area contributed by atoms with Crippen LogP contribution < -0.4 is 5.32 Å². The number of rotatable bonds is 6. The van der Waals surface area contributed by atoms with Crippen molar-refractivity contribution < 1.29 is 14.3 Å². The lowest BCUT2D eigenvalue weighted by atomic mass is 10.1. The zero-order chi connectivity index (χ0) is 16.8. The summed E-state index contributed by atoms with van der Waals surface area (Å²) in [4.78, 5) is 11.8. The Morgan fingerprint density at radius 1 is 1.23 bits per heavy atom. The fourth-order valence-electron chi connectivity index (χ4n) is 1.91. The van der Waals surface area contributed by atoms with Crippen molar-refractivity contribution >= 4 is 22.0 Å². The monoisotopic (exact) mass is 371 g/mol. The van der Waals surface area contributed by atoms with Gasteiger partial charge in [-0.05, 0) is 40.2 Å². The van der Waals surface area contributed by atoms with Crippen LogP contribution in [-0.4, -0.2) is 29.2 Å². The van der Waals surface area contributed by atoms with Crippen LogP contribution in [-0.2, 0) is 9.47 Å². The molecule has 0 radical (unpaired) electrons. The van der Waals surface area contributed by atoms with Crippen LogP contribution in [0, 0.1) is 0 Å². The Hall–Kier alpha value is -1.07. The molecule has 0 aromatic heterocycles. The topological polar surface area (TPSA) is 47.6 Å². The number of alkyl halides is 1. The molecule has 1 N–H and O–H groups in total. The second-order valence-electron chi connectivity index (χ2n) is 6.61. The summed E-state index contributed by atoms with van der Waals surface area (Å²) in [5, 5.41) is 3.38. The Bertz CT molecular complexity index is 473. The van der Waals surface area contributed by atoms with E-state index in [1.165, 1.54) is 0 Å². The highest BCUT2D eigenvalue weighted by molar-refractivity contribution is 9.09. The van der Waals surface area contributed by atoms with Crippen LogP contribution in [0.25, 0.3) is 0 Å². The number of halogens is 1. The minimum absolute atomic E-state index is 0.0656. The zero-order valence-corrected chi connectivity index (χ0v) is 15.6. The Morgan fingerprint density at radius 2 is 1.82 bits per heavy atom. The molecule has 1 amide bonds. The van der Waals surface area contributed by atoms with Gasteiger partial charge in [0.25, 0.3) is 0 Å². The standard InChI is InChI=1S/C17H26BrNO3/c1-13(14-9-7-6-8-10-14)21-17(5,11-18)12-19-15(20)22-16(2,3)4/h6-10,13H,11-12H2,1-5H3,(H,19,20). The first-order valence-corrected chi connectivity index (χ1v) is 8.53. The van der Waals surface area contributed by atoms with Crippen LogP contribution in [0.4, 0.5) is 4.79 Å². The predicted octanol–water partition coefficient (Wildman–Crippen LogP) is 4.44. The van der Waals surface area contributed by atoms with E-state index in [-0.39, 0.29) is 6.10 Å². The number of hydrogen-bond acceptors (Lipinski definition) is 3. The maximum Gasteiger partial charge on any atom is 0.407 e. The summed E-state index contributed by atoms with van der Waals surface area (Å²) in [6.07, 6.45) is -0.500. The van der Waals surface area contributed by atoms with Crippen molar-refractivity contribution in [1.29, 1.82) is 0 Å². The second kappa shape index (κ2) is 7.97. The summed E-state index contributed by atoms with van der Waals surface area (Å²) < 4.78 is 11.4. The molecule has 0 saturated heterocycles. The van der Waals surface area contributed by atoms with Gasteiger partial charge in [0.05, 0.1) is 18.2 Å². The third kappa shape index (κ3) is 6.79. The molecule has 124 valence electrons. The van der Waals surface area contributed by atoms with Crippen molar-refractivity contribution in [3.63, 3.8) is 0 Å². The summed E-state index contributed by atoms with van der Waals surface area (Å²) in [6.45, 7) is 9.84. The first-order valence-electron chi connectivity index (χ1n) is 7.41. The third-order valence-corrected chi connectivity index (χ3v) is 4.20. The molecule has 0 aliphatic carbocycles. The largest absolute Gasteiger partial charge is 0.444 e. The molecule has 0 saturated carbocycles. The molecule has 0 bridgehead atoms. The number of alkyl carbamates (subject to hydrolysis) is 1. The molecule has 4 nitrogen and oxygen atoms in total. The lowest BCUT2D eigenvalue weighted by molar-refractivity contribution is -0.0605. The molecule has 0 aliphatic rings. The lowest BCUT2D eigenvalue weighted by Gasteiger charge is -2.32. The van der Waals surface area contributed by atoms with Crippen molar-refractivity contribution in [2.45, 2.75) is 51.9 Å². The van der Waals surface area contributed by atoms with Gasteiger partial charge in [-0.25, -0.2) is 4.79 Å². The van der Waals surface area contributed by atoms with Crippen molar-refractivity contribution in [2.75, 3.05) is 11.9 Å². The Labute approximate surface area is 141 Å². The minimum atomic E-state index is -0.522. The molecule has 0 spiro atoms. The molecule has 2 atom stereocenters. The first-order chi connectivity index (χ1) is 10.2. The fraction of sp³-hybridized carbons (Fsp3) is 0.588. The SMILES string of the molecule is CC(OC(C)(CBr)CNC(=O)OC(C)(C)C)c1ccccc1. The summed E-state index contributed by atoms with van der Waals surface area (Å²) >= 11 is 3.47. The molecular formula is C17H26BrNO3. The van der Waals surface area contributed by atoms with E-state index in [0.717, 1.165) is 5.56 Å². The molecule has 1 aromatic rings. The highest BCUT2D eigenvalue weighted by Gasteiger charge is 2.28. The van der Waals surface area contributed by atoms with Gasteiger partial charge in [0.1, 0.15) is 5.60 Å². The molecule has 0 fully saturated rings. The van der Waals surface area contributed by atoms with E-state index in [1.54, 1.807) is 0 Å². The zero-order valence-electron chi connectivity index (χ0n) is 14.0. The quantitative estimate of drug-likeness (QED) is 0.751. The van der Waals surface area contributed by atoms with Crippen LogP contribution in [0.5, 0.6) is 0 Å². The fourth-order valence-corrected chi connectivity index (χ4v) is 2.24. The molecule has 0 heterocycles. The molecular weight excluding hydrogens is 346 g/mol. The molecule has 1 rings (SSSR count). The Morgan fingerprint density at radius 3 is 2.32 bits per heavy atom. The second-order valence-corrected chi connectivity index (χ2v) is 7.17. The van der Waals surface area contributed by atoms with Crippen molar-refractivity contribution in [2.24, 2.45) is 0 Å². The summed E-state index contributed by atoms with van der Waals surface area (Å²) in [6, 6.07) is 10.0. The van der Waals surface area contributed by atoms with Gasteiger partial charge in [0, 0.05) is 5.33 Å². The number of benzene rings is 1. The number of nitrogens with one attached hydrogen (secondary N) is 1. The van der Waals surface area contributed by atoms with Crippen molar-refractivity contribution in [3.8, 4) is 0 Å². The molecule has 1 aromatic carbocycles. The average molecular weight is 372 g/mol. The van der Waals surface area contributed by atoms with E-state index < -0.39 is 17.3 Å². The van der Waals surface area contributed by atoms with Crippen LogP contribution in [0.15, 0.2) is 30.3 Å². The number of amides is 1. The van der Waals surface area contributed by atoms with E-state index in [0.29, 0.717) is 11.9 Å². The van der Waals surface area contributed by atoms with Gasteiger partial charge in [0.2, 0.25) is 0 Å². The molecule has 5 heteroatoms. The Kier molecular flexibility index (Phi) is 6.88. The number of carbonyl (C=O) groups is 1. The first kappa shape index (κ1) is 19.0. The van der Waals surface area contributed by atoms with E-state index in [4.69, 9.17) is 9.47 Å². The third-order valence-electron chi connectivity index (χ3n) is 3.02. The van der Waals surface area contributed by atoms with E-state index in [9.17, 15) is 4.79 Å². The van der Waals surface area contributed by atoms with E-state index >= 15 is 0 Å². The minimum Gasteiger partial charge on any atom is -0.444 e. The molecule has 22 heavy (non-hydrogen) atoms. The predicted molar refractivity (Wildman–Crippen MR) is 92.4 cm³/mol. The van der Waals surface area contributed by atoms with Crippen LogP contribution in [0.3, 0.4) is 0 Å². The van der Waals surface area contributed by atoms with E-state index in [1.807, 2.05) is 65.0 Å². The smallest absolute Gasteiger partial charge is 0.407 e. The summed E-state index contributed by atoms with van der Waals surface area (Å²) in [5.41, 5.74) is 0.0751. The van der Waals surface area contributed by atoms with Crippen molar-refractivity contribution in [1.82, 2.24) is 5.32 Å². The van der Waals surface area contributed by atoms with Gasteiger partial charge in [-0.2, -0.15) is 0 Å². The van der Waals surface area contributed by atoms with Gasteiger partial charge < -0.3 is 14.8 Å². The van der Waals surface area contributed by atoms with Crippen LogP contribution >= 0.6 is 15.9 Å². The lowest BCUT2D eigenvalue weighted by Crippen LogP contribution is -2.46. The molecule has 0 aliphatic heterocycles. The highest BCUT2D eigenvalue weighted by Crippen LogP contribution is 2.25. The number of ether oxygens (including phenoxy) is 2. The van der Waals surface area contributed by atoms with Gasteiger partial charge in [-0.3, -0.25) is 0 Å². The molecule has 2 unspecified atom stereocenters. The van der Waals surface area contributed by atoms with Crippen LogP contribution in [0.2, 0.25) is 0 Å². The van der Waals surface area contributed by atoms with Crippen molar-refractivity contribution in [3.05, 3.63) is 35.9 Å². The van der Waals surface area contributed by atoms with Gasteiger partial charge in [-0.1, -0.05) is 46.3 Å². The Balaban J connectivity index is 2.59. The average Bonchev–Trinajstić information content (AvgIpc) is 2.44. The summed E-state index contributed by atoms with van der Waals surface area (Å²) in [5.74, 6) is 0. The normalized spacial score (nSPS) is 15.7. The van der Waals surface area contributed by atoms with Gasteiger partial charge in [0.15, 0.2) is 0 Å². The maximum atomic E-state index is 11.8. The number of carbonyl (C=O) groups excluding carboxylic acids is 1. The van der Waals surface area contributed by atoms with Gasteiger partial charge in [-0.15, -0.1) is 0 Å².